The van der Waals surface area contributed by atoms with E-state index in [9.17, 15) is 9.36 Å². The monoisotopic (exact) mass is 292 g/mol. The maximum Gasteiger partial charge on any atom is 0.345 e. The summed E-state index contributed by atoms with van der Waals surface area (Å²) in [6, 6.07) is 0. The molecule has 0 aromatic heterocycles. The zero-order chi connectivity index (χ0) is 14.9. The van der Waals surface area contributed by atoms with Gasteiger partial charge in [-0.25, -0.2) is 0 Å². The summed E-state index contributed by atoms with van der Waals surface area (Å²) in [5, 5.41) is 0. The van der Waals surface area contributed by atoms with Crippen LogP contribution in [-0.4, -0.2) is 31.4 Å². The molecule has 0 N–H and O–H groups in total. The second kappa shape index (κ2) is 9.29. The van der Waals surface area contributed by atoms with Crippen molar-refractivity contribution in [2.75, 3.05) is 19.8 Å². The Morgan fingerprint density at radius 3 is 2.00 bits per heavy atom. The van der Waals surface area contributed by atoms with E-state index in [2.05, 4.69) is 0 Å². The second-order valence-corrected chi connectivity index (χ2v) is 6.38. The second-order valence-electron chi connectivity index (χ2n) is 4.16. The first-order valence-electron chi connectivity index (χ1n) is 6.60. The summed E-state index contributed by atoms with van der Waals surface area (Å²) in [5.74, 6) is -0.537. The number of allylic oxidation sites excluding steroid dienone is 2. The fraction of sp³-hybridized carbons (Fsp3) is 0.769. The number of esters is 1. The lowest BCUT2D eigenvalue weighted by atomic mass is 10.2. The third kappa shape index (κ3) is 6.37. The molecule has 5 nitrogen and oxygen atoms in total. The molecule has 0 aliphatic heterocycles. The van der Waals surface area contributed by atoms with Crippen molar-refractivity contribution >= 4 is 13.6 Å². The fourth-order valence-electron chi connectivity index (χ4n) is 1.52. The van der Waals surface area contributed by atoms with Gasteiger partial charge < -0.3 is 13.8 Å². The maximum absolute atomic E-state index is 12.7. The zero-order valence-corrected chi connectivity index (χ0v) is 13.4. The van der Waals surface area contributed by atoms with Crippen molar-refractivity contribution < 1.29 is 23.1 Å². The van der Waals surface area contributed by atoms with Crippen molar-refractivity contribution in [3.05, 3.63) is 11.6 Å². The molecule has 1 unspecified atom stereocenters. The van der Waals surface area contributed by atoms with Crippen LogP contribution in [0.15, 0.2) is 11.6 Å². The van der Waals surface area contributed by atoms with Crippen LogP contribution in [0, 0.1) is 0 Å². The highest BCUT2D eigenvalue weighted by Crippen LogP contribution is 2.54. The molecule has 0 heterocycles. The number of hydrogen-bond donors (Lipinski definition) is 0. The Morgan fingerprint density at radius 2 is 1.63 bits per heavy atom. The van der Waals surface area contributed by atoms with Gasteiger partial charge in [-0.2, -0.15) is 0 Å². The van der Waals surface area contributed by atoms with Gasteiger partial charge in [0.25, 0.3) is 0 Å². The van der Waals surface area contributed by atoms with Gasteiger partial charge in [0.15, 0.2) is 5.66 Å². The summed E-state index contributed by atoms with van der Waals surface area (Å²) >= 11 is 0. The van der Waals surface area contributed by atoms with Crippen molar-refractivity contribution in [3.8, 4) is 0 Å². The Balaban J connectivity index is 5.20. The first-order valence-corrected chi connectivity index (χ1v) is 8.21. The van der Waals surface area contributed by atoms with Crippen LogP contribution in [0.1, 0.15) is 41.0 Å². The van der Waals surface area contributed by atoms with E-state index in [1.165, 1.54) is 0 Å². The van der Waals surface area contributed by atoms with Crippen LogP contribution in [0.2, 0.25) is 0 Å². The van der Waals surface area contributed by atoms with Gasteiger partial charge in [-0.15, -0.1) is 0 Å². The smallest absolute Gasteiger partial charge is 0.345 e. The molecule has 0 saturated carbocycles. The maximum atomic E-state index is 12.7. The van der Waals surface area contributed by atoms with Crippen LogP contribution in [0.5, 0.6) is 0 Å². The highest BCUT2D eigenvalue weighted by Gasteiger charge is 2.41. The highest BCUT2D eigenvalue weighted by atomic mass is 31.2. The minimum Gasteiger partial charge on any atom is -0.465 e. The third-order valence-corrected chi connectivity index (χ3v) is 4.73. The predicted octanol–water partition coefficient (Wildman–Crippen LogP) is 3.54. The summed E-state index contributed by atoms with van der Waals surface area (Å²) in [4.78, 5) is 12.0. The van der Waals surface area contributed by atoms with Gasteiger partial charge in [0.2, 0.25) is 0 Å². The topological polar surface area (TPSA) is 61.8 Å². The van der Waals surface area contributed by atoms with Crippen molar-refractivity contribution in [2.24, 2.45) is 0 Å². The van der Waals surface area contributed by atoms with Crippen LogP contribution in [0.3, 0.4) is 0 Å². The van der Waals surface area contributed by atoms with Gasteiger partial charge in [-0.3, -0.25) is 9.36 Å². The average molecular weight is 292 g/mol. The third-order valence-electron chi connectivity index (χ3n) is 2.31. The van der Waals surface area contributed by atoms with E-state index in [0.717, 1.165) is 5.57 Å². The number of ether oxygens (including phenoxy) is 1. The molecule has 19 heavy (non-hydrogen) atoms. The number of carbonyl (C=O) groups is 1. The lowest BCUT2D eigenvalue weighted by Crippen LogP contribution is -2.25. The Labute approximate surface area is 115 Å². The fourth-order valence-corrected chi connectivity index (χ4v) is 3.37. The minimum absolute atomic E-state index is 0.224. The predicted molar refractivity (Wildman–Crippen MR) is 75.3 cm³/mol. The molecule has 0 amide bonds. The van der Waals surface area contributed by atoms with Gasteiger partial charge >= 0.3 is 13.6 Å². The standard InChI is InChI=1S/C13H25O5P/c1-6-16-13(14)12(10-9-11(4)5)19(15,17-7-2)18-8-3/h9,12H,6-8,10H2,1-5H3. The summed E-state index contributed by atoms with van der Waals surface area (Å²) in [6.07, 6.45) is 2.13. The molecule has 0 bridgehead atoms. The van der Waals surface area contributed by atoms with E-state index in [4.69, 9.17) is 13.8 Å². The molecule has 0 fully saturated rings. The van der Waals surface area contributed by atoms with E-state index < -0.39 is 19.2 Å². The Morgan fingerprint density at radius 1 is 1.11 bits per heavy atom. The molecule has 0 aliphatic carbocycles. The molecule has 112 valence electrons. The quantitative estimate of drug-likeness (QED) is 0.369. The molecule has 0 rings (SSSR count). The van der Waals surface area contributed by atoms with Crippen LogP contribution in [-0.2, 0) is 23.1 Å². The van der Waals surface area contributed by atoms with E-state index in [1.807, 2.05) is 19.9 Å². The van der Waals surface area contributed by atoms with Crippen LogP contribution in [0.25, 0.3) is 0 Å². The molecule has 0 spiro atoms. The lowest BCUT2D eigenvalue weighted by molar-refractivity contribution is -0.143. The molecular weight excluding hydrogens is 267 g/mol. The zero-order valence-electron chi connectivity index (χ0n) is 12.5. The molecule has 0 aromatic carbocycles. The molecular formula is C13H25O5P. The summed E-state index contributed by atoms with van der Waals surface area (Å²) < 4.78 is 28.1. The van der Waals surface area contributed by atoms with Crippen molar-refractivity contribution in [2.45, 2.75) is 46.7 Å². The van der Waals surface area contributed by atoms with Gasteiger partial charge in [0, 0.05) is 0 Å². The van der Waals surface area contributed by atoms with Crippen molar-refractivity contribution in [1.82, 2.24) is 0 Å². The Hall–Kier alpha value is -0.640. The van der Waals surface area contributed by atoms with Crippen molar-refractivity contribution in [1.29, 1.82) is 0 Å². The minimum atomic E-state index is -3.49. The Kier molecular flexibility index (Phi) is 8.98. The number of carbonyl (C=O) groups excluding carboxylic acids is 1. The molecule has 6 heteroatoms. The van der Waals surface area contributed by atoms with Gasteiger partial charge in [-0.05, 0) is 41.0 Å². The number of rotatable bonds is 9. The van der Waals surface area contributed by atoms with Gasteiger partial charge in [0.1, 0.15) is 0 Å². The number of hydrogen-bond acceptors (Lipinski definition) is 5. The van der Waals surface area contributed by atoms with E-state index in [1.54, 1.807) is 20.8 Å². The first kappa shape index (κ1) is 18.4. The Bertz CT molecular complexity index is 337. The SMILES string of the molecule is CCOC(=O)C(CC=C(C)C)P(=O)(OCC)OCC. The van der Waals surface area contributed by atoms with Gasteiger partial charge in [0.05, 0.1) is 19.8 Å². The highest BCUT2D eigenvalue weighted by molar-refractivity contribution is 7.55. The largest absolute Gasteiger partial charge is 0.465 e. The van der Waals surface area contributed by atoms with E-state index in [-0.39, 0.29) is 19.8 Å². The lowest BCUT2D eigenvalue weighted by Gasteiger charge is -2.24. The van der Waals surface area contributed by atoms with Gasteiger partial charge in [-0.1, -0.05) is 11.6 Å². The average Bonchev–Trinajstić information content (AvgIpc) is 2.29. The molecule has 0 aromatic rings. The summed E-state index contributed by atoms with van der Waals surface area (Å²) in [6.45, 7) is 9.65. The van der Waals surface area contributed by atoms with Crippen molar-refractivity contribution in [3.63, 3.8) is 0 Å². The van der Waals surface area contributed by atoms with Crippen LogP contribution >= 0.6 is 7.60 Å². The molecule has 0 radical (unpaired) electrons. The summed E-state index contributed by atoms with van der Waals surface area (Å²) in [7, 11) is -3.49. The van der Waals surface area contributed by atoms with Crippen LogP contribution in [0.4, 0.5) is 0 Å². The van der Waals surface area contributed by atoms with E-state index in [0.29, 0.717) is 6.42 Å². The molecule has 0 aliphatic rings. The molecule has 1 atom stereocenters. The van der Waals surface area contributed by atoms with E-state index >= 15 is 0 Å². The van der Waals surface area contributed by atoms with Crippen LogP contribution < -0.4 is 0 Å². The molecule has 0 saturated heterocycles. The normalized spacial score (nSPS) is 12.9. The first-order chi connectivity index (χ1) is 8.91. The summed E-state index contributed by atoms with van der Waals surface area (Å²) in [5.41, 5.74) is 0.135.